The van der Waals surface area contributed by atoms with Gasteiger partial charge in [-0.1, -0.05) is 24.3 Å². The number of sulfone groups is 1. The van der Waals surface area contributed by atoms with Gasteiger partial charge in [0.05, 0.1) is 27.7 Å². The van der Waals surface area contributed by atoms with Crippen LogP contribution < -0.4 is 9.62 Å². The van der Waals surface area contributed by atoms with E-state index in [0.29, 0.717) is 25.1 Å². The van der Waals surface area contributed by atoms with Crippen molar-refractivity contribution in [1.29, 1.82) is 0 Å². The highest BCUT2D eigenvalue weighted by molar-refractivity contribution is 7.93. The Hall–Kier alpha value is -2.92. The number of para-hydroxylation sites is 1. The summed E-state index contributed by atoms with van der Waals surface area (Å²) in [6.45, 7) is -0.279. The Balaban J connectivity index is 1.41. The molecular formula is C21H22N2O7S2. The van der Waals surface area contributed by atoms with Gasteiger partial charge in [-0.05, 0) is 42.7 Å². The zero-order valence-electron chi connectivity index (χ0n) is 17.1. The first kappa shape index (κ1) is 22.3. The fourth-order valence-electron chi connectivity index (χ4n) is 3.86. The van der Waals surface area contributed by atoms with Crippen molar-refractivity contribution >= 4 is 37.4 Å². The minimum Gasteiger partial charge on any atom is -0.452 e. The average Bonchev–Trinajstić information content (AvgIpc) is 3.35. The Morgan fingerprint density at radius 3 is 2.66 bits per heavy atom. The number of hydrogen-bond donors (Lipinski definition) is 1. The van der Waals surface area contributed by atoms with Gasteiger partial charge in [-0.25, -0.2) is 21.6 Å². The number of rotatable bonds is 6. The topological polar surface area (TPSA) is 127 Å². The first-order chi connectivity index (χ1) is 15.2. The van der Waals surface area contributed by atoms with E-state index in [4.69, 9.17) is 4.74 Å². The largest absolute Gasteiger partial charge is 0.452 e. The highest BCUT2D eigenvalue weighted by Crippen LogP contribution is 2.32. The van der Waals surface area contributed by atoms with E-state index in [9.17, 15) is 26.4 Å². The number of sulfonamides is 1. The molecular weight excluding hydrogens is 456 g/mol. The number of nitrogens with one attached hydrogen (secondary N) is 1. The molecule has 0 saturated carbocycles. The number of nitrogens with zero attached hydrogens (tertiary/aromatic N) is 1. The predicted octanol–water partition coefficient (Wildman–Crippen LogP) is 0.898. The SMILES string of the molecule is O=C(COC(=O)c1cccc(S(=O)(=O)N2CCc3ccccc32)c1)N[C@@H]1CCS(=O)(=O)C1. The van der Waals surface area contributed by atoms with Crippen molar-refractivity contribution in [3.8, 4) is 0 Å². The second kappa shape index (κ2) is 8.55. The molecule has 0 aliphatic carbocycles. The monoisotopic (exact) mass is 478 g/mol. The second-order valence-electron chi connectivity index (χ2n) is 7.73. The van der Waals surface area contributed by atoms with Crippen LogP contribution in [0, 0.1) is 0 Å². The molecule has 0 aromatic heterocycles. The summed E-state index contributed by atoms with van der Waals surface area (Å²) in [4.78, 5) is 24.3. The lowest BCUT2D eigenvalue weighted by atomic mass is 10.2. The van der Waals surface area contributed by atoms with E-state index in [1.165, 1.54) is 28.6 Å². The Morgan fingerprint density at radius 1 is 1.12 bits per heavy atom. The molecule has 9 nitrogen and oxygen atoms in total. The van der Waals surface area contributed by atoms with Crippen LogP contribution in [-0.4, -0.2) is 59.4 Å². The van der Waals surface area contributed by atoms with E-state index in [1.807, 2.05) is 12.1 Å². The van der Waals surface area contributed by atoms with Gasteiger partial charge < -0.3 is 10.1 Å². The highest BCUT2D eigenvalue weighted by atomic mass is 32.2. The molecule has 11 heteroatoms. The normalized spacial score (nSPS) is 19.4. The zero-order chi connectivity index (χ0) is 22.9. The predicted molar refractivity (Wildman–Crippen MR) is 117 cm³/mol. The number of carbonyl (C=O) groups excluding carboxylic acids is 2. The summed E-state index contributed by atoms with van der Waals surface area (Å²) in [5.74, 6) is -1.58. The molecule has 1 fully saturated rings. The first-order valence-electron chi connectivity index (χ1n) is 10.0. The summed E-state index contributed by atoms with van der Waals surface area (Å²) in [5, 5.41) is 2.53. The molecule has 1 saturated heterocycles. The third kappa shape index (κ3) is 4.63. The molecule has 2 aromatic rings. The van der Waals surface area contributed by atoms with Crippen molar-refractivity contribution in [2.75, 3.05) is 29.0 Å². The van der Waals surface area contributed by atoms with Gasteiger partial charge in [-0.3, -0.25) is 9.10 Å². The van der Waals surface area contributed by atoms with Gasteiger partial charge in [0.2, 0.25) is 0 Å². The summed E-state index contributed by atoms with van der Waals surface area (Å²) in [6, 6.07) is 12.2. The Labute approximate surface area is 186 Å². The van der Waals surface area contributed by atoms with E-state index in [0.717, 1.165) is 5.56 Å². The molecule has 0 spiro atoms. The number of amides is 1. The smallest absolute Gasteiger partial charge is 0.338 e. The van der Waals surface area contributed by atoms with Crippen LogP contribution in [0.3, 0.4) is 0 Å². The summed E-state index contributed by atoms with van der Waals surface area (Å²) in [7, 11) is -7.02. The average molecular weight is 479 g/mol. The molecule has 2 aliphatic heterocycles. The Kier molecular flexibility index (Phi) is 5.95. The number of benzene rings is 2. The molecule has 0 unspecified atom stereocenters. The van der Waals surface area contributed by atoms with Crippen molar-refractivity contribution in [2.45, 2.75) is 23.8 Å². The maximum atomic E-state index is 13.1. The number of esters is 1. The van der Waals surface area contributed by atoms with Gasteiger partial charge in [-0.15, -0.1) is 0 Å². The van der Waals surface area contributed by atoms with Crippen molar-refractivity contribution in [3.05, 3.63) is 59.7 Å². The number of anilines is 1. The van der Waals surface area contributed by atoms with Crippen LogP contribution in [0.15, 0.2) is 53.4 Å². The van der Waals surface area contributed by atoms with Gasteiger partial charge in [0.1, 0.15) is 0 Å². The Bertz CT molecular complexity index is 1270. The van der Waals surface area contributed by atoms with E-state index in [2.05, 4.69) is 5.32 Å². The van der Waals surface area contributed by atoms with E-state index >= 15 is 0 Å². The molecule has 2 aromatic carbocycles. The van der Waals surface area contributed by atoms with Crippen LogP contribution in [0.2, 0.25) is 0 Å². The molecule has 32 heavy (non-hydrogen) atoms. The summed E-state index contributed by atoms with van der Waals surface area (Å²) in [6.07, 6.45) is 0.927. The van der Waals surface area contributed by atoms with Crippen LogP contribution in [-0.2, 0) is 35.8 Å². The van der Waals surface area contributed by atoms with Gasteiger partial charge >= 0.3 is 5.97 Å². The van der Waals surface area contributed by atoms with Gasteiger partial charge in [0, 0.05) is 12.6 Å². The number of carbonyl (C=O) groups is 2. The van der Waals surface area contributed by atoms with Crippen LogP contribution in [0.4, 0.5) is 5.69 Å². The van der Waals surface area contributed by atoms with Gasteiger partial charge in [0.25, 0.3) is 15.9 Å². The number of fused-ring (bicyclic) bond motifs is 1. The van der Waals surface area contributed by atoms with E-state index < -0.39 is 44.4 Å². The summed E-state index contributed by atoms with van der Waals surface area (Å²) in [5.41, 5.74) is 1.55. The summed E-state index contributed by atoms with van der Waals surface area (Å²) < 4.78 is 55.5. The standard InChI is InChI=1S/C21H22N2O7S2/c24-20(22-17-9-11-31(26,27)14-17)13-30-21(25)16-5-3-6-18(12-16)32(28,29)23-10-8-15-4-1-2-7-19(15)23/h1-7,12,17H,8-11,13-14H2,(H,22,24)/t17-/m1/s1. The molecule has 2 heterocycles. The molecule has 4 rings (SSSR count). The first-order valence-corrected chi connectivity index (χ1v) is 13.3. The maximum absolute atomic E-state index is 13.1. The van der Waals surface area contributed by atoms with Gasteiger partial charge in [0.15, 0.2) is 16.4 Å². The minimum atomic E-state index is -3.88. The van der Waals surface area contributed by atoms with Crippen molar-refractivity contribution in [3.63, 3.8) is 0 Å². The fourth-order valence-corrected chi connectivity index (χ4v) is 7.08. The van der Waals surface area contributed by atoms with Crippen LogP contribution in [0.5, 0.6) is 0 Å². The van der Waals surface area contributed by atoms with Crippen LogP contribution in [0.1, 0.15) is 22.3 Å². The minimum absolute atomic E-state index is 0.00481. The van der Waals surface area contributed by atoms with Crippen LogP contribution in [0.25, 0.3) is 0 Å². The lowest BCUT2D eigenvalue weighted by Crippen LogP contribution is -2.38. The summed E-state index contributed by atoms with van der Waals surface area (Å²) >= 11 is 0. The van der Waals surface area contributed by atoms with Crippen molar-refractivity contribution in [1.82, 2.24) is 5.32 Å². The highest BCUT2D eigenvalue weighted by Gasteiger charge is 2.31. The molecule has 1 atom stereocenters. The van der Waals surface area contributed by atoms with E-state index in [-0.39, 0.29) is 22.0 Å². The molecule has 1 N–H and O–H groups in total. The lowest BCUT2D eigenvalue weighted by molar-refractivity contribution is -0.124. The van der Waals surface area contributed by atoms with Crippen LogP contribution >= 0.6 is 0 Å². The second-order valence-corrected chi connectivity index (χ2v) is 11.8. The Morgan fingerprint density at radius 2 is 1.91 bits per heavy atom. The molecule has 1 amide bonds. The maximum Gasteiger partial charge on any atom is 0.338 e. The molecule has 170 valence electrons. The molecule has 0 bridgehead atoms. The third-order valence-electron chi connectivity index (χ3n) is 5.43. The third-order valence-corrected chi connectivity index (χ3v) is 9.01. The quantitative estimate of drug-likeness (QED) is 0.611. The number of ether oxygens (including phenoxy) is 1. The van der Waals surface area contributed by atoms with Crippen molar-refractivity contribution < 1.29 is 31.2 Å². The number of hydrogen-bond acceptors (Lipinski definition) is 7. The molecule has 0 radical (unpaired) electrons. The van der Waals surface area contributed by atoms with Gasteiger partial charge in [-0.2, -0.15) is 0 Å². The lowest BCUT2D eigenvalue weighted by Gasteiger charge is -2.19. The fraction of sp³-hybridized carbons (Fsp3) is 0.333. The molecule has 2 aliphatic rings. The van der Waals surface area contributed by atoms with E-state index in [1.54, 1.807) is 12.1 Å². The van der Waals surface area contributed by atoms with Crippen molar-refractivity contribution in [2.24, 2.45) is 0 Å². The zero-order valence-corrected chi connectivity index (χ0v) is 18.7.